The summed E-state index contributed by atoms with van der Waals surface area (Å²) in [5, 5.41) is 0. The summed E-state index contributed by atoms with van der Waals surface area (Å²) in [5.74, 6) is 0. The van der Waals surface area contributed by atoms with Crippen LogP contribution in [0.25, 0.3) is 11.1 Å². The molecule has 0 spiro atoms. The molecular weight excluding hydrogens is 256 g/mol. The lowest BCUT2D eigenvalue weighted by Crippen LogP contribution is -2.31. The van der Waals surface area contributed by atoms with Gasteiger partial charge in [-0.1, -0.05) is 54.6 Å². The summed E-state index contributed by atoms with van der Waals surface area (Å²) in [6.45, 7) is 3.47. The molecule has 110 valence electrons. The summed E-state index contributed by atoms with van der Waals surface area (Å²) in [5.41, 5.74) is 4.00. The fourth-order valence-electron chi connectivity index (χ4n) is 3.07. The van der Waals surface area contributed by atoms with Crippen LogP contribution in [0.1, 0.15) is 12.0 Å². The van der Waals surface area contributed by atoms with Crippen molar-refractivity contribution in [2.75, 3.05) is 27.2 Å². The second kappa shape index (κ2) is 6.42. The molecule has 2 heteroatoms. The lowest BCUT2D eigenvalue weighted by atomic mass is 10.0. The topological polar surface area (TPSA) is 6.48 Å². The second-order valence-corrected chi connectivity index (χ2v) is 6.20. The van der Waals surface area contributed by atoms with Gasteiger partial charge < -0.3 is 4.90 Å². The van der Waals surface area contributed by atoms with Crippen LogP contribution >= 0.6 is 0 Å². The van der Waals surface area contributed by atoms with E-state index in [9.17, 15) is 0 Å². The van der Waals surface area contributed by atoms with Gasteiger partial charge >= 0.3 is 0 Å². The summed E-state index contributed by atoms with van der Waals surface area (Å²) in [7, 11) is 4.37. The predicted molar refractivity (Wildman–Crippen MR) is 89.2 cm³/mol. The number of hydrogen-bond donors (Lipinski definition) is 0. The Hall–Kier alpha value is -1.64. The van der Waals surface area contributed by atoms with E-state index in [4.69, 9.17) is 0 Å². The number of benzene rings is 2. The van der Waals surface area contributed by atoms with Gasteiger partial charge in [-0.2, -0.15) is 0 Å². The first-order valence-electron chi connectivity index (χ1n) is 7.75. The zero-order valence-corrected chi connectivity index (χ0v) is 13.0. The van der Waals surface area contributed by atoms with Gasteiger partial charge in [0.25, 0.3) is 0 Å². The number of likely N-dealkylation sites (tertiary alicyclic amines) is 1. The van der Waals surface area contributed by atoms with Crippen molar-refractivity contribution in [2.45, 2.75) is 19.0 Å². The van der Waals surface area contributed by atoms with Gasteiger partial charge in [-0.3, -0.25) is 4.90 Å². The van der Waals surface area contributed by atoms with Crippen molar-refractivity contribution in [3.8, 4) is 11.1 Å². The van der Waals surface area contributed by atoms with E-state index in [1.165, 1.54) is 36.2 Å². The third-order valence-electron chi connectivity index (χ3n) is 4.45. The summed E-state index contributed by atoms with van der Waals surface area (Å²) in [6.07, 6.45) is 1.29. The molecule has 0 N–H and O–H groups in total. The molecule has 0 radical (unpaired) electrons. The van der Waals surface area contributed by atoms with Crippen LogP contribution in [0, 0.1) is 0 Å². The lowest BCUT2D eigenvalue weighted by Gasteiger charge is -2.20. The van der Waals surface area contributed by atoms with Crippen molar-refractivity contribution in [3.05, 3.63) is 60.2 Å². The molecule has 21 heavy (non-hydrogen) atoms. The monoisotopic (exact) mass is 280 g/mol. The minimum atomic E-state index is 0.716. The van der Waals surface area contributed by atoms with E-state index < -0.39 is 0 Å². The maximum atomic E-state index is 2.56. The molecule has 1 aliphatic heterocycles. The molecule has 2 nitrogen and oxygen atoms in total. The molecule has 3 rings (SSSR count). The summed E-state index contributed by atoms with van der Waals surface area (Å²) in [6, 6.07) is 20.3. The Bertz CT molecular complexity index is 560. The first-order valence-corrected chi connectivity index (χ1v) is 7.75. The minimum Gasteiger partial charge on any atom is -0.305 e. The number of hydrogen-bond acceptors (Lipinski definition) is 2. The van der Waals surface area contributed by atoms with Crippen LogP contribution < -0.4 is 0 Å². The van der Waals surface area contributed by atoms with Crippen LogP contribution in [0.4, 0.5) is 0 Å². The second-order valence-electron chi connectivity index (χ2n) is 6.20. The van der Waals surface area contributed by atoms with E-state index in [1.807, 2.05) is 0 Å². The fourth-order valence-corrected chi connectivity index (χ4v) is 3.07. The molecule has 2 aromatic rings. The van der Waals surface area contributed by atoms with Gasteiger partial charge in [0.15, 0.2) is 0 Å². The van der Waals surface area contributed by atoms with E-state index >= 15 is 0 Å². The largest absolute Gasteiger partial charge is 0.305 e. The van der Waals surface area contributed by atoms with Crippen LogP contribution in [0.2, 0.25) is 0 Å². The normalized spacial score (nSPS) is 19.3. The standard InChI is InChI=1S/C19H24N2/c1-20(2)19-12-13-21(15-19)14-16-8-10-18(11-9-16)17-6-4-3-5-7-17/h3-11,19H,12-15H2,1-2H3. The van der Waals surface area contributed by atoms with E-state index in [-0.39, 0.29) is 0 Å². The molecule has 1 fully saturated rings. The van der Waals surface area contributed by atoms with E-state index in [2.05, 4.69) is 78.5 Å². The summed E-state index contributed by atoms with van der Waals surface area (Å²) in [4.78, 5) is 4.90. The van der Waals surface area contributed by atoms with Crippen LogP contribution in [0.5, 0.6) is 0 Å². The molecule has 1 aliphatic rings. The molecule has 0 saturated carbocycles. The van der Waals surface area contributed by atoms with Crippen molar-refractivity contribution in [1.29, 1.82) is 0 Å². The highest BCUT2D eigenvalue weighted by Gasteiger charge is 2.23. The molecule has 0 aromatic heterocycles. The molecule has 1 heterocycles. The van der Waals surface area contributed by atoms with Gasteiger partial charge in [-0.15, -0.1) is 0 Å². The van der Waals surface area contributed by atoms with Gasteiger partial charge in [0.05, 0.1) is 0 Å². The predicted octanol–water partition coefficient (Wildman–Crippen LogP) is 3.49. The Morgan fingerprint density at radius 1 is 0.952 bits per heavy atom. The Morgan fingerprint density at radius 3 is 2.24 bits per heavy atom. The fraction of sp³-hybridized carbons (Fsp3) is 0.368. The number of nitrogens with zero attached hydrogens (tertiary/aromatic N) is 2. The van der Waals surface area contributed by atoms with Gasteiger partial charge in [0, 0.05) is 25.7 Å². The van der Waals surface area contributed by atoms with Crippen molar-refractivity contribution in [1.82, 2.24) is 9.80 Å². The zero-order chi connectivity index (χ0) is 14.7. The van der Waals surface area contributed by atoms with Gasteiger partial charge in [-0.05, 0) is 37.2 Å². The van der Waals surface area contributed by atoms with Crippen molar-refractivity contribution in [3.63, 3.8) is 0 Å². The Labute approximate surface area is 128 Å². The average molecular weight is 280 g/mol. The summed E-state index contributed by atoms with van der Waals surface area (Å²) < 4.78 is 0. The molecule has 0 amide bonds. The summed E-state index contributed by atoms with van der Waals surface area (Å²) >= 11 is 0. The first kappa shape index (κ1) is 14.3. The highest BCUT2D eigenvalue weighted by molar-refractivity contribution is 5.63. The third-order valence-corrected chi connectivity index (χ3v) is 4.45. The molecule has 2 aromatic carbocycles. The Morgan fingerprint density at radius 2 is 1.62 bits per heavy atom. The van der Waals surface area contributed by atoms with E-state index in [0.29, 0.717) is 6.04 Å². The first-order chi connectivity index (χ1) is 10.2. The van der Waals surface area contributed by atoms with Crippen LogP contribution in [0.15, 0.2) is 54.6 Å². The quantitative estimate of drug-likeness (QED) is 0.846. The molecule has 0 aliphatic carbocycles. The maximum Gasteiger partial charge on any atom is 0.0234 e. The molecule has 1 unspecified atom stereocenters. The molecule has 1 saturated heterocycles. The minimum absolute atomic E-state index is 0.716. The van der Waals surface area contributed by atoms with Crippen LogP contribution in [-0.4, -0.2) is 43.0 Å². The van der Waals surface area contributed by atoms with E-state index in [0.717, 1.165) is 6.54 Å². The number of likely N-dealkylation sites (N-methyl/N-ethyl adjacent to an activating group) is 1. The van der Waals surface area contributed by atoms with Crippen LogP contribution in [0.3, 0.4) is 0 Å². The third kappa shape index (κ3) is 3.52. The van der Waals surface area contributed by atoms with Gasteiger partial charge in [0.2, 0.25) is 0 Å². The Balaban J connectivity index is 1.63. The number of rotatable bonds is 4. The maximum absolute atomic E-state index is 2.56. The van der Waals surface area contributed by atoms with Crippen molar-refractivity contribution in [2.24, 2.45) is 0 Å². The van der Waals surface area contributed by atoms with Crippen molar-refractivity contribution >= 4 is 0 Å². The molecular formula is C19H24N2. The lowest BCUT2D eigenvalue weighted by molar-refractivity contribution is 0.264. The Kier molecular flexibility index (Phi) is 4.37. The SMILES string of the molecule is CN(C)C1CCN(Cc2ccc(-c3ccccc3)cc2)C1. The zero-order valence-electron chi connectivity index (χ0n) is 13.0. The highest BCUT2D eigenvalue weighted by Crippen LogP contribution is 2.21. The smallest absolute Gasteiger partial charge is 0.0234 e. The van der Waals surface area contributed by atoms with E-state index in [1.54, 1.807) is 0 Å². The average Bonchev–Trinajstić information content (AvgIpc) is 2.98. The van der Waals surface area contributed by atoms with Gasteiger partial charge in [0.1, 0.15) is 0 Å². The highest BCUT2D eigenvalue weighted by atomic mass is 15.2. The van der Waals surface area contributed by atoms with Gasteiger partial charge in [-0.25, -0.2) is 0 Å². The molecule has 1 atom stereocenters. The van der Waals surface area contributed by atoms with Crippen molar-refractivity contribution < 1.29 is 0 Å². The molecule has 0 bridgehead atoms. The van der Waals surface area contributed by atoms with Crippen LogP contribution in [-0.2, 0) is 6.54 Å².